The molecular formula is C17H26F2N2. The lowest BCUT2D eigenvalue weighted by molar-refractivity contribution is 0.325. The number of nitrogens with one attached hydrogen (secondary N) is 1. The molecule has 1 aromatic rings. The van der Waals surface area contributed by atoms with E-state index in [2.05, 4.69) is 19.2 Å². The smallest absolute Gasteiger partial charge is 0.149 e. The minimum atomic E-state index is -0.442. The summed E-state index contributed by atoms with van der Waals surface area (Å²) in [4.78, 5) is 1.87. The van der Waals surface area contributed by atoms with Crippen molar-refractivity contribution in [3.8, 4) is 0 Å². The monoisotopic (exact) mass is 296 g/mol. The molecule has 0 aromatic heterocycles. The van der Waals surface area contributed by atoms with E-state index in [-0.39, 0.29) is 11.1 Å². The fourth-order valence-electron chi connectivity index (χ4n) is 2.94. The van der Waals surface area contributed by atoms with E-state index in [1.54, 1.807) is 0 Å². The van der Waals surface area contributed by atoms with Crippen molar-refractivity contribution in [1.82, 2.24) is 5.32 Å². The van der Waals surface area contributed by atoms with E-state index in [4.69, 9.17) is 0 Å². The van der Waals surface area contributed by atoms with Crippen LogP contribution in [0.1, 0.15) is 45.6 Å². The number of benzene rings is 1. The largest absolute Gasteiger partial charge is 0.367 e. The van der Waals surface area contributed by atoms with Gasteiger partial charge in [-0.2, -0.15) is 0 Å². The highest BCUT2D eigenvalue weighted by molar-refractivity contribution is 5.51. The average Bonchev–Trinajstić information content (AvgIpc) is 2.57. The molecule has 1 N–H and O–H groups in total. The normalized spacial score (nSPS) is 18.6. The highest BCUT2D eigenvalue weighted by atomic mass is 19.1. The summed E-state index contributed by atoms with van der Waals surface area (Å²) in [6, 6.07) is 2.91. The van der Waals surface area contributed by atoms with Gasteiger partial charge in [0.25, 0.3) is 0 Å². The maximum Gasteiger partial charge on any atom is 0.149 e. The second kappa shape index (κ2) is 6.73. The number of nitrogens with zero attached hydrogens (tertiary/aromatic N) is 1. The molecule has 0 spiro atoms. The predicted molar refractivity (Wildman–Crippen MR) is 83.6 cm³/mol. The van der Waals surface area contributed by atoms with Crippen LogP contribution in [0.15, 0.2) is 12.1 Å². The molecule has 2 rings (SSSR count). The zero-order chi connectivity index (χ0) is 15.5. The third-order valence-corrected chi connectivity index (χ3v) is 4.31. The molecule has 1 saturated heterocycles. The lowest BCUT2D eigenvalue weighted by Crippen LogP contribution is -2.27. The van der Waals surface area contributed by atoms with E-state index in [0.717, 1.165) is 32.4 Å². The van der Waals surface area contributed by atoms with Crippen molar-refractivity contribution < 1.29 is 8.78 Å². The molecule has 0 bridgehead atoms. The van der Waals surface area contributed by atoms with E-state index in [9.17, 15) is 8.78 Å². The second-order valence-electron chi connectivity index (χ2n) is 6.69. The van der Waals surface area contributed by atoms with Gasteiger partial charge in [0, 0.05) is 19.6 Å². The van der Waals surface area contributed by atoms with Crippen molar-refractivity contribution in [2.45, 2.75) is 46.6 Å². The first-order chi connectivity index (χ1) is 9.93. The number of hydrogen-bond donors (Lipinski definition) is 1. The summed E-state index contributed by atoms with van der Waals surface area (Å²) in [7, 11) is 0. The van der Waals surface area contributed by atoms with Gasteiger partial charge in [-0.05, 0) is 48.9 Å². The highest BCUT2D eigenvalue weighted by Gasteiger charge is 2.26. The fraction of sp³-hybridized carbons (Fsp3) is 0.647. The van der Waals surface area contributed by atoms with Crippen molar-refractivity contribution in [3.05, 3.63) is 29.3 Å². The van der Waals surface area contributed by atoms with E-state index < -0.39 is 11.6 Å². The third kappa shape index (κ3) is 4.16. The Labute approximate surface area is 126 Å². The van der Waals surface area contributed by atoms with Crippen LogP contribution in [0.4, 0.5) is 14.5 Å². The van der Waals surface area contributed by atoms with Gasteiger partial charge in [0.1, 0.15) is 17.3 Å². The van der Waals surface area contributed by atoms with Crippen LogP contribution in [-0.2, 0) is 6.54 Å². The zero-order valence-corrected chi connectivity index (χ0v) is 13.3. The molecule has 1 aromatic carbocycles. The molecule has 1 aliphatic rings. The summed E-state index contributed by atoms with van der Waals surface area (Å²) in [6.45, 7) is 9.15. The Bertz CT molecular complexity index is 463. The molecule has 1 aliphatic heterocycles. The SMILES string of the molecule is CCNCc1cc(F)c(N2CCCC(C)(C)CC2)c(F)c1. The number of halogens is 2. The molecule has 0 atom stereocenters. The van der Waals surface area contributed by atoms with E-state index in [1.807, 2.05) is 11.8 Å². The van der Waals surface area contributed by atoms with Crippen LogP contribution in [0, 0.1) is 17.0 Å². The summed E-state index contributed by atoms with van der Waals surface area (Å²) in [5.41, 5.74) is 1.06. The topological polar surface area (TPSA) is 15.3 Å². The Morgan fingerprint density at radius 1 is 1.14 bits per heavy atom. The maximum absolute atomic E-state index is 14.3. The number of hydrogen-bond acceptors (Lipinski definition) is 2. The van der Waals surface area contributed by atoms with Crippen molar-refractivity contribution in [3.63, 3.8) is 0 Å². The van der Waals surface area contributed by atoms with Gasteiger partial charge in [-0.3, -0.25) is 0 Å². The molecule has 1 fully saturated rings. The Morgan fingerprint density at radius 2 is 1.81 bits per heavy atom. The van der Waals surface area contributed by atoms with Gasteiger partial charge < -0.3 is 10.2 Å². The van der Waals surface area contributed by atoms with E-state index >= 15 is 0 Å². The molecule has 0 saturated carbocycles. The predicted octanol–water partition coefficient (Wildman–Crippen LogP) is 4.09. The van der Waals surface area contributed by atoms with Gasteiger partial charge in [0.15, 0.2) is 0 Å². The van der Waals surface area contributed by atoms with Crippen molar-refractivity contribution in [2.24, 2.45) is 5.41 Å². The molecule has 4 heteroatoms. The first kappa shape index (κ1) is 16.2. The lowest BCUT2D eigenvalue weighted by Gasteiger charge is -2.26. The molecule has 21 heavy (non-hydrogen) atoms. The second-order valence-corrected chi connectivity index (χ2v) is 6.69. The Morgan fingerprint density at radius 3 is 2.43 bits per heavy atom. The molecule has 118 valence electrons. The molecule has 1 heterocycles. The van der Waals surface area contributed by atoms with Crippen LogP contribution in [0.3, 0.4) is 0 Å². The Balaban J connectivity index is 2.19. The van der Waals surface area contributed by atoms with Crippen LogP contribution in [0.2, 0.25) is 0 Å². The first-order valence-electron chi connectivity index (χ1n) is 7.86. The van der Waals surface area contributed by atoms with Crippen LogP contribution >= 0.6 is 0 Å². The van der Waals surface area contributed by atoms with Gasteiger partial charge in [-0.1, -0.05) is 20.8 Å². The van der Waals surface area contributed by atoms with Gasteiger partial charge in [0.2, 0.25) is 0 Å². The third-order valence-electron chi connectivity index (χ3n) is 4.31. The average molecular weight is 296 g/mol. The molecule has 2 nitrogen and oxygen atoms in total. The molecule has 0 amide bonds. The minimum absolute atomic E-state index is 0.146. The van der Waals surface area contributed by atoms with Crippen LogP contribution in [-0.4, -0.2) is 19.6 Å². The quantitative estimate of drug-likeness (QED) is 0.900. The minimum Gasteiger partial charge on any atom is -0.367 e. The Kier molecular flexibility index (Phi) is 5.20. The summed E-state index contributed by atoms with van der Waals surface area (Å²) in [6.07, 6.45) is 3.04. The number of anilines is 1. The summed E-state index contributed by atoms with van der Waals surface area (Å²) >= 11 is 0. The van der Waals surface area contributed by atoms with Gasteiger partial charge in [-0.25, -0.2) is 8.78 Å². The van der Waals surface area contributed by atoms with Gasteiger partial charge >= 0.3 is 0 Å². The number of rotatable bonds is 4. The van der Waals surface area contributed by atoms with Crippen molar-refractivity contribution >= 4 is 5.69 Å². The molecule has 0 aliphatic carbocycles. The fourth-order valence-corrected chi connectivity index (χ4v) is 2.94. The van der Waals surface area contributed by atoms with Crippen LogP contribution in [0.5, 0.6) is 0 Å². The zero-order valence-electron chi connectivity index (χ0n) is 13.3. The first-order valence-corrected chi connectivity index (χ1v) is 7.86. The van der Waals surface area contributed by atoms with Crippen molar-refractivity contribution in [1.29, 1.82) is 0 Å². The highest BCUT2D eigenvalue weighted by Crippen LogP contribution is 2.33. The Hall–Kier alpha value is -1.16. The van der Waals surface area contributed by atoms with Crippen LogP contribution < -0.4 is 10.2 Å². The van der Waals surface area contributed by atoms with Gasteiger partial charge in [-0.15, -0.1) is 0 Å². The van der Waals surface area contributed by atoms with Crippen LogP contribution in [0.25, 0.3) is 0 Å². The summed E-state index contributed by atoms with van der Waals surface area (Å²) < 4.78 is 28.7. The van der Waals surface area contributed by atoms with Crippen molar-refractivity contribution in [2.75, 3.05) is 24.5 Å². The maximum atomic E-state index is 14.3. The summed E-state index contributed by atoms with van der Waals surface area (Å²) in [5, 5.41) is 3.09. The van der Waals surface area contributed by atoms with E-state index in [1.165, 1.54) is 12.1 Å². The summed E-state index contributed by atoms with van der Waals surface area (Å²) in [5.74, 6) is -0.884. The molecule has 0 radical (unpaired) electrons. The molecular weight excluding hydrogens is 270 g/mol. The van der Waals surface area contributed by atoms with E-state index in [0.29, 0.717) is 18.7 Å². The molecule has 0 unspecified atom stereocenters. The lowest BCUT2D eigenvalue weighted by atomic mass is 9.85. The van der Waals surface area contributed by atoms with Gasteiger partial charge in [0.05, 0.1) is 0 Å². The standard InChI is InChI=1S/C17H26F2N2/c1-4-20-12-13-10-14(18)16(15(19)11-13)21-8-5-6-17(2,3)7-9-21/h10-11,20H,4-9,12H2,1-3H3.